The molecule has 0 unspecified atom stereocenters. The number of fused-ring (bicyclic) bond motifs is 4. The van der Waals surface area contributed by atoms with Gasteiger partial charge in [-0.05, 0) is 55.9 Å². The van der Waals surface area contributed by atoms with E-state index in [4.69, 9.17) is 15.7 Å². The molecule has 0 amide bonds. The van der Waals surface area contributed by atoms with Crippen molar-refractivity contribution >= 4 is 44.9 Å². The molecule has 0 atom stereocenters. The summed E-state index contributed by atoms with van der Waals surface area (Å²) >= 11 is 0. The summed E-state index contributed by atoms with van der Waals surface area (Å²) in [6.45, 7) is 6.22. The second kappa shape index (κ2) is 9.84. The quantitative estimate of drug-likeness (QED) is 0.310. The summed E-state index contributed by atoms with van der Waals surface area (Å²) in [7, 11) is 2.15. The van der Waals surface area contributed by atoms with Gasteiger partial charge < -0.3 is 20.0 Å². The standard InChI is InChI=1S/C29H28N10O2/c1-18-16-19(10-11-22(18)37-14-12-36(2)13-15-37)32-29-31-17-21-26(35-29)34-27-20-6-3-4-7-23(20)38(39(27)28(21)40)24-8-5-9-25(33-24)41-30/h3-11,16-17H,12-15,30H2,1-2H3,(H,31,32,35). The summed E-state index contributed by atoms with van der Waals surface area (Å²) in [4.78, 5) is 41.8. The summed E-state index contributed by atoms with van der Waals surface area (Å²) in [6, 6.07) is 19.0. The topological polar surface area (TPSA) is 132 Å². The van der Waals surface area contributed by atoms with Crippen molar-refractivity contribution in [3.63, 3.8) is 0 Å². The van der Waals surface area contributed by atoms with Crippen LogP contribution in [-0.2, 0) is 0 Å². The Labute approximate surface area is 234 Å². The van der Waals surface area contributed by atoms with Gasteiger partial charge in [-0.25, -0.2) is 14.6 Å². The van der Waals surface area contributed by atoms with Crippen LogP contribution in [0.25, 0.3) is 33.4 Å². The number of likely N-dealkylation sites (N-methyl/N-ethyl adjacent to an activating group) is 1. The SMILES string of the molecule is Cc1cc(Nc2ncc3c(=O)n4c(nc3n2)c2ccccc2n4-c2cccc(ON)n2)ccc1N1CCN(C)CC1. The Hall–Kier alpha value is -5.07. The Balaban J connectivity index is 1.29. The molecule has 7 rings (SSSR count). The molecule has 1 aliphatic rings. The van der Waals surface area contributed by atoms with Crippen LogP contribution in [0, 0.1) is 6.92 Å². The lowest BCUT2D eigenvalue weighted by molar-refractivity contribution is 0.312. The van der Waals surface area contributed by atoms with E-state index in [-0.39, 0.29) is 16.8 Å². The van der Waals surface area contributed by atoms with Crippen LogP contribution in [0.5, 0.6) is 5.88 Å². The zero-order chi connectivity index (χ0) is 28.1. The number of piperazine rings is 1. The molecule has 3 N–H and O–H groups in total. The van der Waals surface area contributed by atoms with Gasteiger partial charge in [0.2, 0.25) is 11.8 Å². The number of nitrogens with zero attached hydrogens (tertiary/aromatic N) is 8. The number of hydrogen-bond acceptors (Lipinski definition) is 10. The van der Waals surface area contributed by atoms with E-state index in [9.17, 15) is 4.79 Å². The number of benzene rings is 2. The lowest BCUT2D eigenvalue weighted by Gasteiger charge is -2.35. The summed E-state index contributed by atoms with van der Waals surface area (Å²) in [6.07, 6.45) is 1.51. The minimum atomic E-state index is -0.319. The van der Waals surface area contributed by atoms with Crippen LogP contribution in [0.1, 0.15) is 5.56 Å². The number of nitrogens with one attached hydrogen (secondary N) is 1. The number of pyridine rings is 1. The Morgan fingerprint density at radius 1 is 0.927 bits per heavy atom. The van der Waals surface area contributed by atoms with Crippen molar-refractivity contribution in [1.82, 2.24) is 34.0 Å². The molecule has 0 aliphatic carbocycles. The molecule has 12 heteroatoms. The molecule has 0 radical (unpaired) electrons. The molecule has 0 bridgehead atoms. The molecule has 4 aromatic heterocycles. The highest BCUT2D eigenvalue weighted by Crippen LogP contribution is 2.27. The zero-order valence-corrected chi connectivity index (χ0v) is 22.7. The fourth-order valence-corrected chi connectivity index (χ4v) is 5.42. The van der Waals surface area contributed by atoms with Crippen LogP contribution in [-0.4, -0.2) is 67.3 Å². The summed E-state index contributed by atoms with van der Waals surface area (Å²) in [5.41, 5.74) is 4.45. The maximum absolute atomic E-state index is 13.8. The highest BCUT2D eigenvalue weighted by atomic mass is 16.6. The summed E-state index contributed by atoms with van der Waals surface area (Å²) in [5.74, 6) is 6.39. The fourth-order valence-electron chi connectivity index (χ4n) is 5.42. The van der Waals surface area contributed by atoms with Crippen molar-refractivity contribution in [3.8, 4) is 11.7 Å². The van der Waals surface area contributed by atoms with Gasteiger partial charge in [-0.3, -0.25) is 4.79 Å². The fraction of sp³-hybridized carbons (Fsp3) is 0.207. The zero-order valence-electron chi connectivity index (χ0n) is 22.7. The molecule has 41 heavy (non-hydrogen) atoms. The van der Waals surface area contributed by atoms with Crippen molar-refractivity contribution in [1.29, 1.82) is 0 Å². The molecule has 6 aromatic rings. The molecule has 5 heterocycles. The molecule has 1 aliphatic heterocycles. The van der Waals surface area contributed by atoms with E-state index >= 15 is 0 Å². The van der Waals surface area contributed by atoms with Crippen LogP contribution in [0.4, 0.5) is 17.3 Å². The van der Waals surface area contributed by atoms with E-state index < -0.39 is 0 Å². The number of hydrogen-bond donors (Lipinski definition) is 2. The number of rotatable bonds is 5. The Kier molecular flexibility index (Phi) is 5.98. The predicted molar refractivity (Wildman–Crippen MR) is 158 cm³/mol. The molecular formula is C29H28N10O2. The highest BCUT2D eigenvalue weighted by molar-refractivity contribution is 5.95. The van der Waals surface area contributed by atoms with Gasteiger partial charge in [0.15, 0.2) is 17.1 Å². The minimum absolute atomic E-state index is 0.223. The average molecular weight is 549 g/mol. The molecule has 0 spiro atoms. The van der Waals surface area contributed by atoms with Gasteiger partial charge in [-0.15, -0.1) is 0 Å². The number of nitrogens with two attached hydrogens (primary N) is 1. The van der Waals surface area contributed by atoms with Gasteiger partial charge in [0.25, 0.3) is 5.56 Å². The van der Waals surface area contributed by atoms with Crippen LogP contribution < -0.4 is 26.5 Å². The molecule has 12 nitrogen and oxygen atoms in total. The largest absolute Gasteiger partial charge is 0.391 e. The monoisotopic (exact) mass is 548 g/mol. The molecule has 0 saturated carbocycles. The first kappa shape index (κ1) is 24.9. The second-order valence-electron chi connectivity index (χ2n) is 10.2. The Morgan fingerprint density at radius 2 is 1.76 bits per heavy atom. The lowest BCUT2D eigenvalue weighted by Crippen LogP contribution is -2.44. The van der Waals surface area contributed by atoms with Gasteiger partial charge >= 0.3 is 0 Å². The summed E-state index contributed by atoms with van der Waals surface area (Å²) < 4.78 is 3.17. The smallest absolute Gasteiger partial charge is 0.284 e. The van der Waals surface area contributed by atoms with E-state index in [1.807, 2.05) is 30.3 Å². The maximum atomic E-state index is 13.8. The first-order valence-electron chi connectivity index (χ1n) is 13.3. The number of anilines is 3. The van der Waals surface area contributed by atoms with Gasteiger partial charge in [-0.1, -0.05) is 18.2 Å². The van der Waals surface area contributed by atoms with Crippen LogP contribution >= 0.6 is 0 Å². The molecule has 1 fully saturated rings. The van der Waals surface area contributed by atoms with Crippen molar-refractivity contribution in [2.75, 3.05) is 43.4 Å². The lowest BCUT2D eigenvalue weighted by atomic mass is 10.1. The summed E-state index contributed by atoms with van der Waals surface area (Å²) in [5, 5.41) is 4.34. The van der Waals surface area contributed by atoms with Gasteiger partial charge in [0.05, 0.1) is 5.52 Å². The normalized spacial score (nSPS) is 14.3. The van der Waals surface area contributed by atoms with Gasteiger partial charge in [-0.2, -0.15) is 20.4 Å². The number of para-hydroxylation sites is 1. The molecule has 2 aromatic carbocycles. The number of aromatic nitrogens is 6. The predicted octanol–water partition coefficient (Wildman–Crippen LogP) is 3.03. The van der Waals surface area contributed by atoms with E-state index in [1.54, 1.807) is 22.9 Å². The van der Waals surface area contributed by atoms with E-state index in [2.05, 4.69) is 56.2 Å². The third kappa shape index (κ3) is 4.29. The minimum Gasteiger partial charge on any atom is -0.391 e. The Bertz CT molecular complexity index is 1990. The third-order valence-corrected chi connectivity index (χ3v) is 7.52. The average Bonchev–Trinajstić information content (AvgIpc) is 3.32. The maximum Gasteiger partial charge on any atom is 0.284 e. The highest BCUT2D eigenvalue weighted by Gasteiger charge is 2.20. The van der Waals surface area contributed by atoms with Crippen molar-refractivity contribution in [3.05, 3.63) is 82.8 Å². The van der Waals surface area contributed by atoms with Crippen molar-refractivity contribution in [2.24, 2.45) is 5.90 Å². The van der Waals surface area contributed by atoms with Crippen LogP contribution in [0.15, 0.2) is 71.7 Å². The van der Waals surface area contributed by atoms with E-state index in [0.717, 1.165) is 42.8 Å². The molecule has 206 valence electrons. The van der Waals surface area contributed by atoms with E-state index in [0.29, 0.717) is 23.1 Å². The van der Waals surface area contributed by atoms with Crippen LogP contribution in [0.3, 0.4) is 0 Å². The number of aryl methyl sites for hydroxylation is 1. The first-order chi connectivity index (χ1) is 20.0. The van der Waals surface area contributed by atoms with Crippen LogP contribution in [0.2, 0.25) is 0 Å². The Morgan fingerprint density at radius 3 is 2.56 bits per heavy atom. The first-order valence-corrected chi connectivity index (χ1v) is 13.3. The third-order valence-electron chi connectivity index (χ3n) is 7.52. The van der Waals surface area contributed by atoms with Gasteiger partial charge in [0, 0.05) is 55.2 Å². The molecule has 1 saturated heterocycles. The van der Waals surface area contributed by atoms with Gasteiger partial charge in [0.1, 0.15) is 5.39 Å². The molecular weight excluding hydrogens is 520 g/mol. The second-order valence-corrected chi connectivity index (χ2v) is 10.2. The van der Waals surface area contributed by atoms with E-state index in [1.165, 1.54) is 22.0 Å². The van der Waals surface area contributed by atoms with Crippen molar-refractivity contribution in [2.45, 2.75) is 6.92 Å². The van der Waals surface area contributed by atoms with Crippen molar-refractivity contribution < 1.29 is 4.84 Å².